The number of Topliss-reactive ketones (excluding diaryl/α,β-unsaturated/α-hetero) is 1. The van der Waals surface area contributed by atoms with Crippen molar-refractivity contribution in [1.29, 1.82) is 0 Å². The Bertz CT molecular complexity index is 234. The molecule has 0 aromatic rings. The Morgan fingerprint density at radius 2 is 1.93 bits per heavy atom. The molecule has 2 aliphatic rings. The zero-order valence-corrected chi connectivity index (χ0v) is 9.65. The summed E-state index contributed by atoms with van der Waals surface area (Å²) >= 11 is 6.37. The maximum Gasteiger partial charge on any atom is 0.136 e. The molecule has 0 N–H and O–H groups in total. The summed E-state index contributed by atoms with van der Waals surface area (Å²) in [5.74, 6) is 0.872. The van der Waals surface area contributed by atoms with Crippen LogP contribution in [0.15, 0.2) is 0 Å². The first-order valence-corrected chi connectivity index (χ1v) is 6.25. The van der Waals surface area contributed by atoms with E-state index < -0.39 is 0 Å². The Labute approximate surface area is 91.2 Å². The largest absolute Gasteiger partial charge is 0.299 e. The van der Waals surface area contributed by atoms with Gasteiger partial charge in [0, 0.05) is 10.8 Å². The fourth-order valence-electron chi connectivity index (χ4n) is 3.53. The molecule has 3 atom stereocenters. The molecule has 0 radical (unpaired) electrons. The lowest BCUT2D eigenvalue weighted by molar-refractivity contribution is -0.134. The number of carbonyl (C=O) groups excluding carboxylic acids is 1. The van der Waals surface area contributed by atoms with Gasteiger partial charge in [-0.05, 0) is 38.5 Å². The fourth-order valence-corrected chi connectivity index (χ4v) is 4.05. The van der Waals surface area contributed by atoms with E-state index in [1.807, 2.05) is 0 Å². The van der Waals surface area contributed by atoms with Crippen molar-refractivity contribution in [3.63, 3.8) is 0 Å². The highest BCUT2D eigenvalue weighted by Crippen LogP contribution is 2.52. The highest BCUT2D eigenvalue weighted by atomic mass is 35.5. The van der Waals surface area contributed by atoms with E-state index in [-0.39, 0.29) is 10.8 Å². The number of alkyl halides is 1. The molecule has 2 saturated carbocycles. The molecule has 0 saturated heterocycles. The van der Waals surface area contributed by atoms with Gasteiger partial charge in [-0.1, -0.05) is 19.3 Å². The minimum atomic E-state index is -0.0249. The first-order chi connectivity index (χ1) is 6.67. The van der Waals surface area contributed by atoms with Gasteiger partial charge in [-0.3, -0.25) is 4.79 Å². The van der Waals surface area contributed by atoms with Gasteiger partial charge in [-0.15, -0.1) is 11.6 Å². The van der Waals surface area contributed by atoms with Crippen LogP contribution in [0.2, 0.25) is 0 Å². The predicted molar refractivity (Wildman–Crippen MR) is 58.6 cm³/mol. The second-order valence-corrected chi connectivity index (χ2v) is 5.53. The molecule has 0 heterocycles. The summed E-state index contributed by atoms with van der Waals surface area (Å²) in [7, 11) is 0. The molecule has 2 rings (SSSR count). The Balaban J connectivity index is 2.26. The molecule has 0 aliphatic heterocycles. The Hall–Kier alpha value is -0.0400. The highest BCUT2D eigenvalue weighted by molar-refractivity contribution is 6.21. The molecule has 80 valence electrons. The van der Waals surface area contributed by atoms with Crippen LogP contribution in [0.3, 0.4) is 0 Å². The number of fused-ring (bicyclic) bond motifs is 1. The van der Waals surface area contributed by atoms with Gasteiger partial charge in [0.05, 0.1) is 0 Å². The van der Waals surface area contributed by atoms with E-state index in [1.165, 1.54) is 19.3 Å². The molecule has 1 nitrogen and oxygen atoms in total. The summed E-state index contributed by atoms with van der Waals surface area (Å²) in [5.41, 5.74) is -0.0249. The third-order valence-electron chi connectivity index (χ3n) is 4.34. The van der Waals surface area contributed by atoms with Crippen molar-refractivity contribution in [2.24, 2.45) is 11.3 Å². The molecule has 0 amide bonds. The quantitative estimate of drug-likeness (QED) is 0.611. The normalized spacial score (nSPS) is 43.0. The molecule has 0 bridgehead atoms. The van der Waals surface area contributed by atoms with E-state index in [1.54, 1.807) is 6.92 Å². The van der Waals surface area contributed by atoms with E-state index in [0.29, 0.717) is 11.7 Å². The van der Waals surface area contributed by atoms with Crippen molar-refractivity contribution >= 4 is 17.4 Å². The second kappa shape index (κ2) is 3.84. The molecular weight excluding hydrogens is 196 g/mol. The van der Waals surface area contributed by atoms with Gasteiger partial charge in [0.15, 0.2) is 0 Å². The molecule has 0 unspecified atom stereocenters. The van der Waals surface area contributed by atoms with E-state index in [9.17, 15) is 4.79 Å². The van der Waals surface area contributed by atoms with Crippen molar-refractivity contribution in [2.45, 2.75) is 57.2 Å². The topological polar surface area (TPSA) is 17.1 Å². The van der Waals surface area contributed by atoms with E-state index in [0.717, 1.165) is 25.7 Å². The van der Waals surface area contributed by atoms with Crippen LogP contribution in [0.5, 0.6) is 0 Å². The second-order valence-electron chi connectivity index (χ2n) is 4.97. The third-order valence-corrected chi connectivity index (χ3v) is 4.86. The first kappa shape index (κ1) is 10.5. The van der Waals surface area contributed by atoms with Gasteiger partial charge in [-0.25, -0.2) is 0 Å². The van der Waals surface area contributed by atoms with E-state index in [4.69, 9.17) is 11.6 Å². The Morgan fingerprint density at radius 1 is 1.21 bits per heavy atom. The number of ketones is 1. The third kappa shape index (κ3) is 1.50. The molecule has 0 spiro atoms. The van der Waals surface area contributed by atoms with Crippen LogP contribution in [-0.4, -0.2) is 11.2 Å². The van der Waals surface area contributed by atoms with E-state index >= 15 is 0 Å². The molecule has 0 aromatic heterocycles. The summed E-state index contributed by atoms with van der Waals surface area (Å²) in [6.07, 6.45) is 8.11. The maximum atomic E-state index is 11.8. The van der Waals surface area contributed by atoms with Gasteiger partial charge in [-0.2, -0.15) is 0 Å². The molecule has 14 heavy (non-hydrogen) atoms. The summed E-state index contributed by atoms with van der Waals surface area (Å²) in [6, 6.07) is 0. The number of hydrogen-bond acceptors (Lipinski definition) is 1. The zero-order valence-electron chi connectivity index (χ0n) is 8.89. The average Bonchev–Trinajstić information content (AvgIpc) is 2.18. The number of rotatable bonds is 1. The van der Waals surface area contributed by atoms with Gasteiger partial charge in [0.2, 0.25) is 0 Å². The van der Waals surface area contributed by atoms with Gasteiger partial charge >= 0.3 is 0 Å². The Morgan fingerprint density at radius 3 is 2.57 bits per heavy atom. The molecule has 0 aromatic carbocycles. The average molecular weight is 215 g/mol. The van der Waals surface area contributed by atoms with Crippen LogP contribution in [0.25, 0.3) is 0 Å². The minimum Gasteiger partial charge on any atom is -0.299 e. The standard InChI is InChI=1S/C12H19ClO/c1-9(14)12-7-3-2-5-10(12)11(13)6-4-8-12/h10-11H,2-8H2,1H3/t10-,11+,12-/m1/s1. The van der Waals surface area contributed by atoms with Gasteiger partial charge < -0.3 is 0 Å². The summed E-state index contributed by atoms with van der Waals surface area (Å²) < 4.78 is 0. The summed E-state index contributed by atoms with van der Waals surface area (Å²) in [5, 5.41) is 0.257. The van der Waals surface area contributed by atoms with Crippen LogP contribution in [0.4, 0.5) is 0 Å². The molecule has 2 heteroatoms. The van der Waals surface area contributed by atoms with Gasteiger partial charge in [0.25, 0.3) is 0 Å². The monoisotopic (exact) mass is 214 g/mol. The fraction of sp³-hybridized carbons (Fsp3) is 0.917. The van der Waals surface area contributed by atoms with Crippen LogP contribution in [-0.2, 0) is 4.79 Å². The zero-order chi connectivity index (χ0) is 10.2. The SMILES string of the molecule is CC(=O)[C@]12CCCC[C@@H]1[C@@H](Cl)CCC2. The first-order valence-electron chi connectivity index (χ1n) is 5.82. The predicted octanol–water partition coefficient (Wildman–Crippen LogP) is 3.54. The maximum absolute atomic E-state index is 11.8. The Kier molecular flexibility index (Phi) is 2.88. The van der Waals surface area contributed by atoms with Crippen LogP contribution in [0.1, 0.15) is 51.9 Å². The number of halogens is 1. The lowest BCUT2D eigenvalue weighted by Gasteiger charge is -2.48. The van der Waals surface area contributed by atoms with Crippen molar-refractivity contribution < 1.29 is 4.79 Å². The highest BCUT2D eigenvalue weighted by Gasteiger charge is 2.49. The molecular formula is C12H19ClO. The number of hydrogen-bond donors (Lipinski definition) is 0. The van der Waals surface area contributed by atoms with E-state index in [2.05, 4.69) is 0 Å². The summed E-state index contributed by atoms with van der Waals surface area (Å²) in [6.45, 7) is 1.77. The summed E-state index contributed by atoms with van der Waals surface area (Å²) in [4.78, 5) is 11.8. The van der Waals surface area contributed by atoms with Crippen molar-refractivity contribution in [3.05, 3.63) is 0 Å². The molecule has 2 fully saturated rings. The lowest BCUT2D eigenvalue weighted by atomic mass is 9.57. The lowest BCUT2D eigenvalue weighted by Crippen LogP contribution is -2.46. The minimum absolute atomic E-state index is 0.0249. The van der Waals surface area contributed by atoms with Crippen molar-refractivity contribution in [2.75, 3.05) is 0 Å². The number of carbonyl (C=O) groups is 1. The van der Waals surface area contributed by atoms with Crippen molar-refractivity contribution in [1.82, 2.24) is 0 Å². The van der Waals surface area contributed by atoms with Crippen LogP contribution in [0, 0.1) is 11.3 Å². The smallest absolute Gasteiger partial charge is 0.136 e. The van der Waals surface area contributed by atoms with Gasteiger partial charge in [0.1, 0.15) is 5.78 Å². The molecule has 2 aliphatic carbocycles. The van der Waals surface area contributed by atoms with Crippen LogP contribution < -0.4 is 0 Å². The van der Waals surface area contributed by atoms with Crippen LogP contribution >= 0.6 is 11.6 Å². The van der Waals surface area contributed by atoms with Crippen molar-refractivity contribution in [3.8, 4) is 0 Å².